The van der Waals surface area contributed by atoms with Gasteiger partial charge in [0.2, 0.25) is 0 Å². The fourth-order valence-electron chi connectivity index (χ4n) is 2.77. The van der Waals surface area contributed by atoms with Gasteiger partial charge >= 0.3 is 0 Å². The zero-order chi connectivity index (χ0) is 13.8. The molecule has 2 unspecified atom stereocenters. The van der Waals surface area contributed by atoms with Gasteiger partial charge in [0, 0.05) is 11.4 Å². The number of para-hydroxylation sites is 1. The largest absolute Gasteiger partial charge is 0.335 e. The first kappa shape index (κ1) is 13.0. The van der Waals surface area contributed by atoms with Gasteiger partial charge in [-0.25, -0.2) is 0 Å². The Kier molecular flexibility index (Phi) is 3.87. The van der Waals surface area contributed by atoms with Crippen LogP contribution in [0.4, 0.5) is 5.69 Å². The van der Waals surface area contributed by atoms with Gasteiger partial charge in [-0.2, -0.15) is 0 Å². The number of hydrogen-bond acceptors (Lipinski definition) is 1. The van der Waals surface area contributed by atoms with E-state index in [0.717, 1.165) is 12.8 Å². The minimum absolute atomic E-state index is 0.409. The van der Waals surface area contributed by atoms with Gasteiger partial charge in [-0.1, -0.05) is 61.6 Å². The number of allylic oxidation sites excluding steroid dienone is 5. The third kappa shape index (κ3) is 2.77. The standard InChI is InChI=1S/C19H21N/c1-16-12-14-19(15-13-16)20(17-8-4-2-5-9-17)18-10-6-3-7-11-18/h2-10,12,14-16,18H,11,13H2,1H3. The number of hydrogen-bond donors (Lipinski definition) is 0. The van der Waals surface area contributed by atoms with Crippen molar-refractivity contribution in [3.8, 4) is 0 Å². The van der Waals surface area contributed by atoms with Crippen LogP contribution in [-0.2, 0) is 0 Å². The van der Waals surface area contributed by atoms with Crippen LogP contribution in [0.2, 0.25) is 0 Å². The first-order valence-electron chi connectivity index (χ1n) is 7.40. The molecule has 1 aromatic rings. The minimum Gasteiger partial charge on any atom is -0.335 e. The lowest BCUT2D eigenvalue weighted by atomic mass is 9.98. The van der Waals surface area contributed by atoms with Crippen molar-refractivity contribution in [3.63, 3.8) is 0 Å². The highest BCUT2D eigenvalue weighted by Crippen LogP contribution is 2.29. The molecule has 0 aliphatic heterocycles. The Hall–Kier alpha value is -2.02. The normalized spacial score (nSPS) is 24.6. The van der Waals surface area contributed by atoms with Crippen LogP contribution in [0.1, 0.15) is 19.8 Å². The van der Waals surface area contributed by atoms with E-state index in [0.29, 0.717) is 12.0 Å². The number of nitrogens with zero attached hydrogens (tertiary/aromatic N) is 1. The number of rotatable bonds is 3. The lowest BCUT2D eigenvalue weighted by molar-refractivity contribution is 0.705. The molecular formula is C19H21N. The van der Waals surface area contributed by atoms with Crippen LogP contribution in [0, 0.1) is 5.92 Å². The van der Waals surface area contributed by atoms with E-state index in [1.165, 1.54) is 11.4 Å². The average Bonchev–Trinajstić information content (AvgIpc) is 2.52. The predicted octanol–water partition coefficient (Wildman–Crippen LogP) is 4.86. The van der Waals surface area contributed by atoms with Gasteiger partial charge in [0.15, 0.2) is 0 Å². The van der Waals surface area contributed by atoms with Crippen LogP contribution in [0.5, 0.6) is 0 Å². The smallest absolute Gasteiger partial charge is 0.0559 e. The van der Waals surface area contributed by atoms with Crippen molar-refractivity contribution < 1.29 is 0 Å². The monoisotopic (exact) mass is 263 g/mol. The summed E-state index contributed by atoms with van der Waals surface area (Å²) < 4.78 is 0. The van der Waals surface area contributed by atoms with Crippen LogP contribution in [0.15, 0.2) is 78.6 Å². The first-order valence-corrected chi connectivity index (χ1v) is 7.40. The summed E-state index contributed by atoms with van der Waals surface area (Å²) in [6.45, 7) is 2.26. The second-order valence-electron chi connectivity index (χ2n) is 5.52. The summed E-state index contributed by atoms with van der Waals surface area (Å²) in [5, 5.41) is 0. The Labute approximate surface area is 121 Å². The SMILES string of the molecule is CC1C=CC(N(c2ccccc2)C2C=CC=CC2)=CC1. The van der Waals surface area contributed by atoms with E-state index in [4.69, 9.17) is 0 Å². The quantitative estimate of drug-likeness (QED) is 0.753. The van der Waals surface area contributed by atoms with Crippen LogP contribution in [0.25, 0.3) is 0 Å². The third-order valence-corrected chi connectivity index (χ3v) is 3.90. The van der Waals surface area contributed by atoms with Crippen molar-refractivity contribution in [3.05, 3.63) is 78.6 Å². The third-order valence-electron chi connectivity index (χ3n) is 3.90. The summed E-state index contributed by atoms with van der Waals surface area (Å²) in [7, 11) is 0. The van der Waals surface area contributed by atoms with E-state index in [1.807, 2.05) is 0 Å². The molecule has 20 heavy (non-hydrogen) atoms. The molecule has 0 bridgehead atoms. The summed E-state index contributed by atoms with van der Waals surface area (Å²) in [6.07, 6.45) is 18.0. The first-order chi connectivity index (χ1) is 9.84. The van der Waals surface area contributed by atoms with Crippen molar-refractivity contribution >= 4 is 5.69 Å². The summed E-state index contributed by atoms with van der Waals surface area (Å²) >= 11 is 0. The fraction of sp³-hybridized carbons (Fsp3) is 0.263. The second-order valence-corrected chi connectivity index (χ2v) is 5.52. The van der Waals surface area contributed by atoms with Gasteiger partial charge in [0.25, 0.3) is 0 Å². The van der Waals surface area contributed by atoms with Crippen molar-refractivity contribution in [2.75, 3.05) is 4.90 Å². The van der Waals surface area contributed by atoms with Crippen molar-refractivity contribution in [1.29, 1.82) is 0 Å². The molecule has 3 rings (SSSR count). The van der Waals surface area contributed by atoms with Gasteiger partial charge in [0.05, 0.1) is 6.04 Å². The molecule has 0 amide bonds. The summed E-state index contributed by atoms with van der Waals surface area (Å²) in [4.78, 5) is 2.45. The average molecular weight is 263 g/mol. The molecule has 0 saturated carbocycles. The van der Waals surface area contributed by atoms with Gasteiger partial charge in [0.1, 0.15) is 0 Å². The molecular weight excluding hydrogens is 242 g/mol. The van der Waals surface area contributed by atoms with E-state index >= 15 is 0 Å². The maximum Gasteiger partial charge on any atom is 0.0559 e. The summed E-state index contributed by atoms with van der Waals surface area (Å²) in [5.74, 6) is 0.651. The molecule has 2 aliphatic rings. The molecule has 0 fully saturated rings. The van der Waals surface area contributed by atoms with Crippen molar-refractivity contribution in [2.24, 2.45) is 5.92 Å². The molecule has 2 aliphatic carbocycles. The van der Waals surface area contributed by atoms with Crippen molar-refractivity contribution in [2.45, 2.75) is 25.8 Å². The van der Waals surface area contributed by atoms with E-state index in [9.17, 15) is 0 Å². The molecule has 0 saturated heterocycles. The molecule has 0 aromatic heterocycles. The number of anilines is 1. The van der Waals surface area contributed by atoms with E-state index < -0.39 is 0 Å². The van der Waals surface area contributed by atoms with Crippen LogP contribution in [-0.4, -0.2) is 6.04 Å². The van der Waals surface area contributed by atoms with Crippen LogP contribution in [0.3, 0.4) is 0 Å². The Morgan fingerprint density at radius 2 is 1.85 bits per heavy atom. The molecule has 1 nitrogen and oxygen atoms in total. The minimum atomic E-state index is 0.409. The Balaban J connectivity index is 1.94. The van der Waals surface area contributed by atoms with Crippen molar-refractivity contribution in [1.82, 2.24) is 0 Å². The molecule has 0 radical (unpaired) electrons. The fourth-order valence-corrected chi connectivity index (χ4v) is 2.77. The zero-order valence-corrected chi connectivity index (χ0v) is 11.9. The van der Waals surface area contributed by atoms with Gasteiger partial charge in [-0.3, -0.25) is 0 Å². The molecule has 1 heteroatoms. The molecule has 102 valence electrons. The van der Waals surface area contributed by atoms with E-state index in [1.54, 1.807) is 0 Å². The van der Waals surface area contributed by atoms with Gasteiger partial charge in [-0.05, 0) is 37.0 Å². The molecule has 0 spiro atoms. The highest BCUT2D eigenvalue weighted by atomic mass is 15.2. The topological polar surface area (TPSA) is 3.24 Å². The van der Waals surface area contributed by atoms with Gasteiger partial charge < -0.3 is 4.90 Å². The highest BCUT2D eigenvalue weighted by Gasteiger charge is 2.20. The highest BCUT2D eigenvalue weighted by molar-refractivity contribution is 5.57. The molecule has 0 N–H and O–H groups in total. The lowest BCUT2D eigenvalue weighted by Gasteiger charge is -2.34. The predicted molar refractivity (Wildman–Crippen MR) is 86.6 cm³/mol. The second kappa shape index (κ2) is 5.96. The van der Waals surface area contributed by atoms with E-state index in [2.05, 4.69) is 84.7 Å². The zero-order valence-electron chi connectivity index (χ0n) is 11.9. The van der Waals surface area contributed by atoms with Crippen LogP contribution < -0.4 is 4.90 Å². The Morgan fingerprint density at radius 1 is 1.00 bits per heavy atom. The lowest BCUT2D eigenvalue weighted by Crippen LogP contribution is -2.33. The molecule has 0 heterocycles. The maximum atomic E-state index is 2.45. The molecule has 1 aromatic carbocycles. The van der Waals surface area contributed by atoms with Gasteiger partial charge in [-0.15, -0.1) is 0 Å². The summed E-state index contributed by atoms with van der Waals surface area (Å²) in [6, 6.07) is 11.1. The Morgan fingerprint density at radius 3 is 2.50 bits per heavy atom. The van der Waals surface area contributed by atoms with Crippen LogP contribution >= 0.6 is 0 Å². The van der Waals surface area contributed by atoms with E-state index in [-0.39, 0.29) is 0 Å². The molecule has 2 atom stereocenters. The number of benzene rings is 1. The Bertz CT molecular complexity index is 563. The maximum absolute atomic E-state index is 2.45. The summed E-state index contributed by atoms with van der Waals surface area (Å²) in [5.41, 5.74) is 2.59.